The van der Waals surface area contributed by atoms with Crippen LogP contribution < -0.4 is 16.8 Å². The molecule has 154 valence electrons. The molecule has 3 rings (SSSR count). The van der Waals surface area contributed by atoms with Crippen molar-refractivity contribution >= 4 is 23.4 Å². The Kier molecular flexibility index (Phi) is 5.68. The van der Waals surface area contributed by atoms with Gasteiger partial charge in [-0.2, -0.15) is 0 Å². The van der Waals surface area contributed by atoms with Crippen molar-refractivity contribution in [3.05, 3.63) is 88.0 Å². The molecule has 3 amide bonds. The van der Waals surface area contributed by atoms with Gasteiger partial charge in [-0.15, -0.1) is 0 Å². The van der Waals surface area contributed by atoms with Crippen LogP contribution in [-0.2, 0) is 11.2 Å². The lowest BCUT2D eigenvalue weighted by atomic mass is 9.95. The number of aryl methyl sites for hydroxylation is 1. The van der Waals surface area contributed by atoms with Crippen LogP contribution in [0.1, 0.15) is 37.4 Å². The van der Waals surface area contributed by atoms with Crippen LogP contribution in [0.25, 0.3) is 5.70 Å². The number of halogens is 1. The summed E-state index contributed by atoms with van der Waals surface area (Å²) in [7, 11) is 1.41. The van der Waals surface area contributed by atoms with Crippen molar-refractivity contribution in [2.45, 2.75) is 13.3 Å². The number of amides is 3. The van der Waals surface area contributed by atoms with Crippen LogP contribution in [0, 0.1) is 12.7 Å². The molecule has 30 heavy (non-hydrogen) atoms. The van der Waals surface area contributed by atoms with Crippen LogP contribution in [0.5, 0.6) is 0 Å². The van der Waals surface area contributed by atoms with E-state index in [1.165, 1.54) is 43.5 Å². The molecule has 5 N–H and O–H groups in total. The van der Waals surface area contributed by atoms with Gasteiger partial charge < -0.3 is 16.8 Å². The summed E-state index contributed by atoms with van der Waals surface area (Å²) in [6.07, 6.45) is 2.79. The fourth-order valence-electron chi connectivity index (χ4n) is 3.17. The summed E-state index contributed by atoms with van der Waals surface area (Å²) in [4.78, 5) is 38.1. The summed E-state index contributed by atoms with van der Waals surface area (Å²) in [6, 6.07) is 8.92. The molecular formula is C22H21FN4O3. The van der Waals surface area contributed by atoms with E-state index in [2.05, 4.69) is 5.32 Å². The molecule has 0 saturated carbocycles. The number of nitrogens with zero attached hydrogens (tertiary/aromatic N) is 1. The molecule has 8 heteroatoms. The average molecular weight is 408 g/mol. The summed E-state index contributed by atoms with van der Waals surface area (Å²) in [5, 5.41) is 2.53. The van der Waals surface area contributed by atoms with Crippen molar-refractivity contribution in [1.29, 1.82) is 0 Å². The van der Waals surface area contributed by atoms with Crippen molar-refractivity contribution < 1.29 is 18.8 Å². The highest BCUT2D eigenvalue weighted by atomic mass is 19.1. The number of hydrogen-bond donors (Lipinski definition) is 3. The van der Waals surface area contributed by atoms with E-state index in [4.69, 9.17) is 11.5 Å². The third-order valence-corrected chi connectivity index (χ3v) is 4.84. The Balaban J connectivity index is 1.74. The van der Waals surface area contributed by atoms with Crippen molar-refractivity contribution in [3.63, 3.8) is 0 Å². The van der Waals surface area contributed by atoms with Gasteiger partial charge in [-0.25, -0.2) is 4.39 Å². The number of carbonyl (C=O) groups excluding carboxylic acids is 3. The fourth-order valence-corrected chi connectivity index (χ4v) is 3.17. The number of allylic oxidation sites excluding steroid dienone is 2. The molecule has 2 aromatic carbocycles. The van der Waals surface area contributed by atoms with E-state index in [-0.39, 0.29) is 29.2 Å². The second kappa shape index (κ2) is 8.20. The van der Waals surface area contributed by atoms with Gasteiger partial charge >= 0.3 is 0 Å². The number of fused-ring (bicyclic) bond motifs is 1. The maximum Gasteiger partial charge on any atom is 0.261 e. The number of nitrogens with one attached hydrogen (secondary N) is 1. The predicted molar refractivity (Wildman–Crippen MR) is 110 cm³/mol. The van der Waals surface area contributed by atoms with E-state index in [0.29, 0.717) is 16.8 Å². The first-order valence-corrected chi connectivity index (χ1v) is 9.12. The number of carbonyl (C=O) groups is 3. The molecule has 1 heterocycles. The third-order valence-electron chi connectivity index (χ3n) is 4.84. The van der Waals surface area contributed by atoms with Crippen LogP contribution in [0.3, 0.4) is 0 Å². The molecule has 0 fully saturated rings. The zero-order valence-electron chi connectivity index (χ0n) is 16.5. The smallest absolute Gasteiger partial charge is 0.261 e. The van der Waals surface area contributed by atoms with E-state index in [1.54, 1.807) is 19.1 Å². The summed E-state index contributed by atoms with van der Waals surface area (Å²) in [5.41, 5.74) is 14.5. The minimum absolute atomic E-state index is 0.0508. The number of rotatable bonds is 5. The van der Waals surface area contributed by atoms with E-state index >= 15 is 0 Å². The van der Waals surface area contributed by atoms with Crippen LogP contribution in [0.4, 0.5) is 4.39 Å². The second-order valence-corrected chi connectivity index (χ2v) is 6.93. The maximum absolute atomic E-state index is 13.0. The van der Waals surface area contributed by atoms with E-state index < -0.39 is 17.7 Å². The first kappa shape index (κ1) is 20.8. The van der Waals surface area contributed by atoms with Crippen molar-refractivity contribution in [2.75, 3.05) is 7.05 Å². The molecule has 0 radical (unpaired) electrons. The first-order chi connectivity index (χ1) is 14.2. The molecule has 2 aromatic rings. The standard InChI is InChI=1S/C22H21FN4O3/c1-12-3-8-15-20(22(30)27(2)21(15)29)16(12)11-19(28)26-18(25)10-9-17(24)13-4-6-14(23)7-5-13/h3-10H,11,24-25H2,1-2H3,(H,26,28)/b17-9-,18-10+. The van der Waals surface area contributed by atoms with Crippen molar-refractivity contribution in [2.24, 2.45) is 11.5 Å². The summed E-state index contributed by atoms with van der Waals surface area (Å²) in [6.45, 7) is 1.77. The lowest BCUT2D eigenvalue weighted by molar-refractivity contribution is -0.119. The van der Waals surface area contributed by atoms with E-state index in [1.807, 2.05) is 0 Å². The Morgan fingerprint density at radius 1 is 1.07 bits per heavy atom. The largest absolute Gasteiger partial charge is 0.398 e. The first-order valence-electron chi connectivity index (χ1n) is 9.12. The topological polar surface area (TPSA) is 119 Å². The van der Waals surface area contributed by atoms with Crippen LogP contribution in [0.2, 0.25) is 0 Å². The molecule has 0 spiro atoms. The van der Waals surface area contributed by atoms with Gasteiger partial charge in [-0.1, -0.05) is 18.2 Å². The monoisotopic (exact) mass is 408 g/mol. The highest BCUT2D eigenvalue weighted by Gasteiger charge is 2.35. The molecular weight excluding hydrogens is 387 g/mol. The molecule has 0 atom stereocenters. The lowest BCUT2D eigenvalue weighted by Gasteiger charge is -2.11. The molecule has 1 aliphatic rings. The van der Waals surface area contributed by atoms with Crippen LogP contribution >= 0.6 is 0 Å². The quantitative estimate of drug-likeness (QED) is 0.515. The Morgan fingerprint density at radius 3 is 2.40 bits per heavy atom. The van der Waals surface area contributed by atoms with Crippen LogP contribution in [-0.4, -0.2) is 29.7 Å². The molecule has 0 aliphatic carbocycles. The Morgan fingerprint density at radius 2 is 1.73 bits per heavy atom. The SMILES string of the molecule is Cc1ccc2c(c1CC(=O)N/C(N)=C/C=C(\N)c1ccc(F)cc1)C(=O)N(C)C2=O. The fraction of sp³-hybridized carbons (Fsp3) is 0.136. The minimum atomic E-state index is -0.441. The van der Waals surface area contributed by atoms with Gasteiger partial charge in [0.05, 0.1) is 17.5 Å². The van der Waals surface area contributed by atoms with Crippen molar-refractivity contribution in [3.8, 4) is 0 Å². The van der Waals surface area contributed by atoms with E-state index in [9.17, 15) is 18.8 Å². The Labute approximate surface area is 172 Å². The van der Waals surface area contributed by atoms with Crippen LogP contribution in [0.15, 0.2) is 54.4 Å². The Bertz CT molecular complexity index is 1100. The molecule has 0 saturated heterocycles. The van der Waals surface area contributed by atoms with Gasteiger partial charge in [0.2, 0.25) is 5.91 Å². The highest BCUT2D eigenvalue weighted by Crippen LogP contribution is 2.27. The maximum atomic E-state index is 13.0. The molecule has 0 unspecified atom stereocenters. The minimum Gasteiger partial charge on any atom is -0.398 e. The number of nitrogens with two attached hydrogens (primary N) is 2. The normalized spacial score (nSPS) is 14.2. The number of benzene rings is 2. The van der Waals surface area contributed by atoms with E-state index in [0.717, 1.165) is 10.5 Å². The summed E-state index contributed by atoms with van der Waals surface area (Å²) < 4.78 is 13.0. The molecule has 1 aliphatic heterocycles. The van der Waals surface area contributed by atoms with Gasteiger partial charge in [0.25, 0.3) is 11.8 Å². The van der Waals surface area contributed by atoms with Gasteiger partial charge in [-0.05, 0) is 54.0 Å². The Hall–Kier alpha value is -3.94. The van der Waals surface area contributed by atoms with Gasteiger partial charge in [0.15, 0.2) is 0 Å². The van der Waals surface area contributed by atoms with Gasteiger partial charge in [0, 0.05) is 12.7 Å². The van der Waals surface area contributed by atoms with Gasteiger partial charge in [0.1, 0.15) is 11.6 Å². The third kappa shape index (κ3) is 4.07. The molecule has 0 bridgehead atoms. The molecule has 7 nitrogen and oxygen atoms in total. The number of imide groups is 1. The molecule has 0 aromatic heterocycles. The zero-order chi connectivity index (χ0) is 22.0. The average Bonchev–Trinajstić information content (AvgIpc) is 2.93. The van der Waals surface area contributed by atoms with Gasteiger partial charge in [-0.3, -0.25) is 19.3 Å². The zero-order valence-corrected chi connectivity index (χ0v) is 16.5. The predicted octanol–water partition coefficient (Wildman–Crippen LogP) is 1.82. The van der Waals surface area contributed by atoms with Crippen molar-refractivity contribution in [1.82, 2.24) is 10.2 Å². The highest BCUT2D eigenvalue weighted by molar-refractivity contribution is 6.22. The second-order valence-electron chi connectivity index (χ2n) is 6.93. The lowest BCUT2D eigenvalue weighted by Crippen LogP contribution is -2.29. The summed E-state index contributed by atoms with van der Waals surface area (Å²) >= 11 is 0. The summed E-state index contributed by atoms with van der Waals surface area (Å²) in [5.74, 6) is -1.58. The number of hydrogen-bond acceptors (Lipinski definition) is 5.